The quantitative estimate of drug-likeness (QED) is 0.177. The standard InChI is InChI=1S/C22H18O7S/c1-26-16-21(17-9-4-2-5-10-17)22(23)28-27-18-11-8-12-19(15-18)29-30(24,25)20-13-6-3-7-14-20/h2-16H,1H3. The molecule has 30 heavy (non-hydrogen) atoms. The van der Waals surface area contributed by atoms with Gasteiger partial charge >= 0.3 is 16.1 Å². The van der Waals surface area contributed by atoms with Gasteiger partial charge in [0, 0.05) is 6.07 Å². The number of hydrogen-bond acceptors (Lipinski definition) is 7. The van der Waals surface area contributed by atoms with Gasteiger partial charge in [-0.05, 0) is 29.8 Å². The van der Waals surface area contributed by atoms with Crippen molar-refractivity contribution in [3.63, 3.8) is 0 Å². The molecule has 0 aliphatic heterocycles. The normalized spacial score (nSPS) is 11.4. The number of hydrogen-bond donors (Lipinski definition) is 0. The molecule has 0 bridgehead atoms. The van der Waals surface area contributed by atoms with Gasteiger partial charge in [-0.25, -0.2) is 9.68 Å². The van der Waals surface area contributed by atoms with E-state index in [-0.39, 0.29) is 22.0 Å². The van der Waals surface area contributed by atoms with Crippen LogP contribution >= 0.6 is 0 Å². The first-order valence-corrected chi connectivity index (χ1v) is 10.2. The van der Waals surface area contributed by atoms with E-state index in [9.17, 15) is 13.2 Å². The molecule has 8 heteroatoms. The number of methoxy groups -OCH3 is 1. The van der Waals surface area contributed by atoms with Crippen molar-refractivity contribution in [1.82, 2.24) is 0 Å². The van der Waals surface area contributed by atoms with Crippen LogP contribution in [0.15, 0.2) is 96.1 Å². The van der Waals surface area contributed by atoms with Gasteiger partial charge in [0.2, 0.25) is 0 Å². The van der Waals surface area contributed by atoms with Crippen LogP contribution in [-0.2, 0) is 24.5 Å². The summed E-state index contributed by atoms with van der Waals surface area (Å²) in [5, 5.41) is 0. The number of ether oxygens (including phenoxy) is 1. The summed E-state index contributed by atoms with van der Waals surface area (Å²) in [6, 6.07) is 22.2. The largest absolute Gasteiger partial charge is 0.503 e. The first-order valence-electron chi connectivity index (χ1n) is 8.76. The number of carbonyl (C=O) groups excluding carboxylic acids is 1. The van der Waals surface area contributed by atoms with Crippen molar-refractivity contribution in [2.24, 2.45) is 0 Å². The van der Waals surface area contributed by atoms with Gasteiger partial charge in [-0.15, -0.1) is 0 Å². The molecule has 0 saturated carbocycles. The summed E-state index contributed by atoms with van der Waals surface area (Å²) in [7, 11) is -2.60. The Morgan fingerprint density at radius 1 is 0.833 bits per heavy atom. The summed E-state index contributed by atoms with van der Waals surface area (Å²) < 4.78 is 34.7. The summed E-state index contributed by atoms with van der Waals surface area (Å²) in [5.74, 6) is -0.705. The van der Waals surface area contributed by atoms with Crippen LogP contribution in [-0.4, -0.2) is 21.5 Å². The Kier molecular flexibility index (Phi) is 6.71. The molecule has 3 aromatic carbocycles. The average molecular weight is 426 g/mol. The Hall–Kier alpha value is -3.78. The van der Waals surface area contributed by atoms with E-state index in [1.165, 1.54) is 49.8 Å². The maximum Gasteiger partial charge on any atom is 0.389 e. The summed E-state index contributed by atoms with van der Waals surface area (Å²) in [6.07, 6.45) is 1.24. The van der Waals surface area contributed by atoms with E-state index < -0.39 is 16.1 Å². The van der Waals surface area contributed by atoms with E-state index in [1.807, 2.05) is 6.07 Å². The molecule has 0 aliphatic rings. The second-order valence-electron chi connectivity index (χ2n) is 5.91. The lowest BCUT2D eigenvalue weighted by Crippen LogP contribution is -2.11. The minimum Gasteiger partial charge on any atom is -0.503 e. The fourth-order valence-electron chi connectivity index (χ4n) is 2.44. The zero-order valence-electron chi connectivity index (χ0n) is 15.9. The van der Waals surface area contributed by atoms with Crippen LogP contribution in [0.2, 0.25) is 0 Å². The Morgan fingerprint density at radius 2 is 1.47 bits per heavy atom. The van der Waals surface area contributed by atoms with Crippen molar-refractivity contribution in [2.45, 2.75) is 4.90 Å². The number of rotatable bonds is 8. The number of carbonyl (C=O) groups is 1. The van der Waals surface area contributed by atoms with Crippen molar-refractivity contribution in [3.05, 3.63) is 96.8 Å². The second kappa shape index (κ2) is 9.62. The predicted octanol–water partition coefficient (Wildman–Crippen LogP) is 3.98. The van der Waals surface area contributed by atoms with E-state index in [2.05, 4.69) is 0 Å². The van der Waals surface area contributed by atoms with Gasteiger partial charge in [-0.2, -0.15) is 8.42 Å². The molecule has 0 amide bonds. The maximum absolute atomic E-state index is 12.4. The minimum atomic E-state index is -4.01. The lowest BCUT2D eigenvalue weighted by molar-refractivity contribution is -0.206. The molecule has 0 saturated heterocycles. The summed E-state index contributed by atoms with van der Waals surface area (Å²) in [6.45, 7) is 0. The van der Waals surface area contributed by atoms with E-state index in [0.717, 1.165) is 0 Å². The molecular formula is C22H18O7S. The van der Waals surface area contributed by atoms with Crippen LogP contribution in [0.4, 0.5) is 0 Å². The molecule has 0 aliphatic carbocycles. The molecule has 3 rings (SSSR count). The van der Waals surface area contributed by atoms with Gasteiger partial charge in [0.05, 0.1) is 13.4 Å². The molecule has 0 N–H and O–H groups in total. The summed E-state index contributed by atoms with van der Waals surface area (Å²) >= 11 is 0. The Balaban J connectivity index is 1.69. The SMILES string of the molecule is COC=C(C(=O)OOc1cccc(OS(=O)(=O)c2ccccc2)c1)c1ccccc1. The van der Waals surface area contributed by atoms with Crippen LogP contribution in [0.3, 0.4) is 0 Å². The Morgan fingerprint density at radius 3 is 2.13 bits per heavy atom. The average Bonchev–Trinajstić information content (AvgIpc) is 2.77. The van der Waals surface area contributed by atoms with E-state index in [1.54, 1.807) is 42.5 Å². The van der Waals surface area contributed by atoms with E-state index in [0.29, 0.717) is 5.56 Å². The molecular weight excluding hydrogens is 408 g/mol. The monoisotopic (exact) mass is 426 g/mol. The van der Waals surface area contributed by atoms with E-state index in [4.69, 9.17) is 18.7 Å². The molecule has 0 unspecified atom stereocenters. The van der Waals surface area contributed by atoms with E-state index >= 15 is 0 Å². The van der Waals surface area contributed by atoms with Crippen LogP contribution in [0.5, 0.6) is 11.5 Å². The topological polar surface area (TPSA) is 88.1 Å². The third-order valence-electron chi connectivity index (χ3n) is 3.80. The van der Waals surface area contributed by atoms with Gasteiger partial charge in [-0.1, -0.05) is 54.6 Å². The van der Waals surface area contributed by atoms with Gasteiger partial charge in [0.1, 0.15) is 16.2 Å². The third-order valence-corrected chi connectivity index (χ3v) is 5.06. The minimum absolute atomic E-state index is 0.00289. The molecule has 0 spiro atoms. The molecule has 7 nitrogen and oxygen atoms in total. The zero-order chi connectivity index (χ0) is 21.4. The van der Waals surface area contributed by atoms with Gasteiger partial charge < -0.3 is 8.92 Å². The Labute approximate surface area is 174 Å². The fraction of sp³-hybridized carbons (Fsp3) is 0.0455. The second-order valence-corrected chi connectivity index (χ2v) is 7.46. The first-order chi connectivity index (χ1) is 14.5. The highest BCUT2D eigenvalue weighted by Gasteiger charge is 2.18. The van der Waals surface area contributed by atoms with Crippen molar-refractivity contribution in [2.75, 3.05) is 7.11 Å². The molecule has 0 aromatic heterocycles. The van der Waals surface area contributed by atoms with Crippen LogP contribution in [0, 0.1) is 0 Å². The van der Waals surface area contributed by atoms with Crippen molar-refractivity contribution in [3.8, 4) is 11.5 Å². The lowest BCUT2D eigenvalue weighted by Gasteiger charge is -2.10. The molecule has 0 radical (unpaired) electrons. The van der Waals surface area contributed by atoms with Crippen LogP contribution in [0.1, 0.15) is 5.56 Å². The third kappa shape index (κ3) is 5.39. The fourth-order valence-corrected chi connectivity index (χ4v) is 3.38. The molecule has 0 fully saturated rings. The lowest BCUT2D eigenvalue weighted by atomic mass is 10.1. The highest BCUT2D eigenvalue weighted by molar-refractivity contribution is 7.87. The highest BCUT2D eigenvalue weighted by Crippen LogP contribution is 2.24. The molecule has 0 heterocycles. The van der Waals surface area contributed by atoms with Crippen LogP contribution < -0.4 is 9.07 Å². The smallest absolute Gasteiger partial charge is 0.389 e. The zero-order valence-corrected chi connectivity index (χ0v) is 16.7. The highest BCUT2D eigenvalue weighted by atomic mass is 32.2. The van der Waals surface area contributed by atoms with Crippen molar-refractivity contribution in [1.29, 1.82) is 0 Å². The molecule has 0 atom stereocenters. The maximum atomic E-state index is 12.4. The summed E-state index contributed by atoms with van der Waals surface area (Å²) in [5.41, 5.74) is 0.733. The van der Waals surface area contributed by atoms with Gasteiger partial charge in [-0.3, -0.25) is 4.89 Å². The predicted molar refractivity (Wildman–Crippen MR) is 109 cm³/mol. The Bertz CT molecular complexity index is 1120. The van der Waals surface area contributed by atoms with Gasteiger partial charge in [0.25, 0.3) is 0 Å². The van der Waals surface area contributed by atoms with Crippen molar-refractivity contribution >= 4 is 21.7 Å². The number of benzene rings is 3. The van der Waals surface area contributed by atoms with Crippen molar-refractivity contribution < 1.29 is 31.9 Å². The first kappa shape index (κ1) is 20.9. The van der Waals surface area contributed by atoms with Crippen LogP contribution in [0.25, 0.3) is 5.57 Å². The molecule has 154 valence electrons. The molecule has 3 aromatic rings. The summed E-state index contributed by atoms with van der Waals surface area (Å²) in [4.78, 5) is 22.3. The van der Waals surface area contributed by atoms with Gasteiger partial charge in [0.15, 0.2) is 5.75 Å².